The second kappa shape index (κ2) is 8.59. The molecule has 2 N–H and O–H groups in total. The van der Waals surface area contributed by atoms with Gasteiger partial charge in [0.25, 0.3) is 11.8 Å². The molecule has 0 saturated heterocycles. The lowest BCUT2D eigenvalue weighted by Gasteiger charge is -2.23. The predicted octanol–water partition coefficient (Wildman–Crippen LogP) is 4.79. The Kier molecular flexibility index (Phi) is 5.32. The number of carbonyl (C=O) groups is 2. The minimum Gasteiger partial charge on any atom is -0.507 e. The Balaban J connectivity index is 1.40. The van der Waals surface area contributed by atoms with E-state index in [2.05, 4.69) is 22.4 Å². The summed E-state index contributed by atoms with van der Waals surface area (Å²) in [5.74, 6) is -0.453. The van der Waals surface area contributed by atoms with Crippen LogP contribution in [0.15, 0.2) is 91.1 Å². The minimum absolute atomic E-state index is 0.109. The van der Waals surface area contributed by atoms with Gasteiger partial charge in [0.05, 0.1) is 17.7 Å². The maximum Gasteiger partial charge on any atom is 0.260 e. The molecule has 1 aromatic heterocycles. The normalized spacial score (nSPS) is 12.3. The zero-order chi connectivity index (χ0) is 22.8. The largest absolute Gasteiger partial charge is 0.507 e. The molecule has 0 aliphatic carbocycles. The summed E-state index contributed by atoms with van der Waals surface area (Å²) in [4.78, 5) is 31.9. The summed E-state index contributed by atoms with van der Waals surface area (Å²) < 4.78 is 0. The van der Waals surface area contributed by atoms with Crippen molar-refractivity contribution in [2.45, 2.75) is 13.0 Å². The van der Waals surface area contributed by atoms with Gasteiger partial charge in [0.15, 0.2) is 0 Å². The molecule has 1 aliphatic heterocycles. The van der Waals surface area contributed by atoms with Crippen molar-refractivity contribution >= 4 is 23.3 Å². The molecule has 0 saturated carbocycles. The van der Waals surface area contributed by atoms with E-state index in [1.54, 1.807) is 29.2 Å². The van der Waals surface area contributed by atoms with Crippen LogP contribution in [0, 0.1) is 0 Å². The van der Waals surface area contributed by atoms with Crippen molar-refractivity contribution in [3.05, 3.63) is 119 Å². The van der Waals surface area contributed by atoms with Gasteiger partial charge in [-0.1, -0.05) is 54.6 Å². The van der Waals surface area contributed by atoms with Gasteiger partial charge < -0.3 is 15.3 Å². The van der Waals surface area contributed by atoms with E-state index in [1.807, 2.05) is 36.4 Å². The van der Waals surface area contributed by atoms with E-state index in [1.165, 1.54) is 23.9 Å². The average Bonchev–Trinajstić information content (AvgIpc) is 3.01. The van der Waals surface area contributed by atoms with Gasteiger partial charge in [0.1, 0.15) is 11.6 Å². The third-order valence-electron chi connectivity index (χ3n) is 5.76. The zero-order valence-corrected chi connectivity index (χ0v) is 17.7. The molecule has 0 atom stereocenters. The van der Waals surface area contributed by atoms with Crippen LogP contribution in [0.3, 0.4) is 0 Å². The smallest absolute Gasteiger partial charge is 0.260 e. The number of nitrogens with one attached hydrogen (secondary N) is 1. The van der Waals surface area contributed by atoms with Gasteiger partial charge in [-0.2, -0.15) is 0 Å². The Morgan fingerprint density at radius 1 is 0.818 bits per heavy atom. The lowest BCUT2D eigenvalue weighted by Crippen LogP contribution is -2.30. The minimum atomic E-state index is -0.474. The molecule has 162 valence electrons. The lowest BCUT2D eigenvalue weighted by atomic mass is 10.0. The van der Waals surface area contributed by atoms with Crippen LogP contribution < -0.4 is 10.2 Å². The van der Waals surface area contributed by atoms with Crippen LogP contribution >= 0.6 is 0 Å². The number of rotatable bonds is 3. The molecule has 0 radical (unpaired) electrons. The van der Waals surface area contributed by atoms with Crippen LogP contribution in [-0.2, 0) is 13.0 Å². The van der Waals surface area contributed by atoms with Crippen LogP contribution in [0.5, 0.6) is 5.75 Å². The second-order valence-electron chi connectivity index (χ2n) is 7.87. The molecule has 5 rings (SSSR count). The van der Waals surface area contributed by atoms with Crippen molar-refractivity contribution in [3.8, 4) is 5.75 Å². The number of pyridine rings is 1. The van der Waals surface area contributed by atoms with Crippen molar-refractivity contribution in [2.75, 3.05) is 10.2 Å². The molecular weight excluding hydrogens is 414 g/mol. The second-order valence-corrected chi connectivity index (χ2v) is 7.87. The Morgan fingerprint density at radius 3 is 2.27 bits per heavy atom. The molecule has 0 spiro atoms. The molecule has 2 heterocycles. The Hall–Kier alpha value is -4.45. The van der Waals surface area contributed by atoms with Crippen molar-refractivity contribution in [2.24, 2.45) is 0 Å². The van der Waals surface area contributed by atoms with Crippen LogP contribution in [0.25, 0.3) is 0 Å². The average molecular weight is 435 g/mol. The third-order valence-corrected chi connectivity index (χ3v) is 5.76. The lowest BCUT2D eigenvalue weighted by molar-refractivity contribution is 0.0983. The van der Waals surface area contributed by atoms with E-state index in [0.29, 0.717) is 17.9 Å². The predicted molar refractivity (Wildman–Crippen MR) is 127 cm³/mol. The first kappa shape index (κ1) is 20.5. The first-order valence-electron chi connectivity index (χ1n) is 10.6. The van der Waals surface area contributed by atoms with Crippen LogP contribution in [0.1, 0.15) is 37.4 Å². The van der Waals surface area contributed by atoms with E-state index >= 15 is 0 Å². The highest BCUT2D eigenvalue weighted by molar-refractivity contribution is 6.07. The summed E-state index contributed by atoms with van der Waals surface area (Å²) in [6.07, 6.45) is 2.23. The van der Waals surface area contributed by atoms with Gasteiger partial charge in [0, 0.05) is 11.9 Å². The topological polar surface area (TPSA) is 82.5 Å². The number of nitrogens with zero attached hydrogens (tertiary/aromatic N) is 2. The molecule has 6 nitrogen and oxygen atoms in total. The standard InChI is InChI=1S/C27H21N3O3/c31-24-12-6-4-10-22(24)26(32)29-25-14-13-20(16-28-25)27(33)30-17-21-9-2-1-7-18(21)15-19-8-3-5-11-23(19)30/h1-14,16,31H,15,17H2,(H,28,29,32). The Labute approximate surface area is 191 Å². The summed E-state index contributed by atoms with van der Waals surface area (Å²) in [6, 6.07) is 25.6. The fourth-order valence-electron chi connectivity index (χ4n) is 4.05. The zero-order valence-electron chi connectivity index (χ0n) is 17.7. The maximum atomic E-state index is 13.5. The van der Waals surface area contributed by atoms with E-state index in [-0.39, 0.29) is 17.2 Å². The van der Waals surface area contributed by atoms with Crippen molar-refractivity contribution in [1.29, 1.82) is 0 Å². The number of para-hydroxylation sites is 2. The molecule has 6 heteroatoms. The fourth-order valence-corrected chi connectivity index (χ4v) is 4.05. The number of phenols is 1. The van der Waals surface area contributed by atoms with E-state index < -0.39 is 5.91 Å². The number of hydrogen-bond acceptors (Lipinski definition) is 4. The molecule has 0 bridgehead atoms. The van der Waals surface area contributed by atoms with Crippen molar-refractivity contribution in [1.82, 2.24) is 4.98 Å². The quantitative estimate of drug-likeness (QED) is 0.485. The Morgan fingerprint density at radius 2 is 1.52 bits per heavy atom. The number of aromatic nitrogens is 1. The highest BCUT2D eigenvalue weighted by Gasteiger charge is 2.25. The summed E-state index contributed by atoms with van der Waals surface area (Å²) in [5, 5.41) is 12.5. The van der Waals surface area contributed by atoms with Crippen molar-refractivity contribution in [3.63, 3.8) is 0 Å². The third kappa shape index (κ3) is 4.06. The molecule has 33 heavy (non-hydrogen) atoms. The van der Waals surface area contributed by atoms with E-state index in [4.69, 9.17) is 0 Å². The van der Waals surface area contributed by atoms with Crippen molar-refractivity contribution < 1.29 is 14.7 Å². The van der Waals surface area contributed by atoms with Crippen LogP contribution in [0.2, 0.25) is 0 Å². The van der Waals surface area contributed by atoms with E-state index in [0.717, 1.165) is 23.2 Å². The number of hydrogen-bond donors (Lipinski definition) is 2. The number of benzene rings is 3. The van der Waals surface area contributed by atoms with Gasteiger partial charge >= 0.3 is 0 Å². The number of amides is 2. The first-order valence-corrected chi connectivity index (χ1v) is 10.6. The summed E-state index contributed by atoms with van der Waals surface area (Å²) >= 11 is 0. The summed E-state index contributed by atoms with van der Waals surface area (Å²) in [6.45, 7) is 0.470. The number of aromatic hydroxyl groups is 1. The molecule has 1 aliphatic rings. The van der Waals surface area contributed by atoms with E-state index in [9.17, 15) is 14.7 Å². The monoisotopic (exact) mass is 435 g/mol. The number of phenolic OH excluding ortho intramolecular Hbond substituents is 1. The number of anilines is 2. The maximum absolute atomic E-state index is 13.5. The SMILES string of the molecule is O=C(Nc1ccc(C(=O)N2Cc3ccccc3Cc3ccccc32)cn1)c1ccccc1O. The van der Waals surface area contributed by atoms with Gasteiger partial charge in [-0.25, -0.2) is 4.98 Å². The summed E-state index contributed by atoms with van der Waals surface area (Å²) in [7, 11) is 0. The first-order chi connectivity index (χ1) is 16.1. The Bertz CT molecular complexity index is 1350. The molecular formula is C27H21N3O3. The van der Waals surface area contributed by atoms with Crippen LogP contribution in [-0.4, -0.2) is 21.9 Å². The molecule has 3 aromatic carbocycles. The molecule has 2 amide bonds. The summed E-state index contributed by atoms with van der Waals surface area (Å²) in [5.41, 5.74) is 4.87. The van der Waals surface area contributed by atoms with Gasteiger partial charge in [0.2, 0.25) is 0 Å². The highest BCUT2D eigenvalue weighted by Crippen LogP contribution is 2.31. The fraction of sp³-hybridized carbons (Fsp3) is 0.0741. The van der Waals surface area contributed by atoms with Gasteiger partial charge in [-0.3, -0.25) is 9.59 Å². The molecule has 0 fully saturated rings. The van der Waals surface area contributed by atoms with Gasteiger partial charge in [-0.05, 0) is 53.4 Å². The molecule has 4 aromatic rings. The number of carbonyl (C=O) groups excluding carboxylic acids is 2. The van der Waals surface area contributed by atoms with Crippen LogP contribution in [0.4, 0.5) is 11.5 Å². The number of fused-ring (bicyclic) bond motifs is 2. The molecule has 0 unspecified atom stereocenters. The van der Waals surface area contributed by atoms with Gasteiger partial charge in [-0.15, -0.1) is 0 Å². The highest BCUT2D eigenvalue weighted by atomic mass is 16.3.